The molecule has 0 aliphatic rings. The summed E-state index contributed by atoms with van der Waals surface area (Å²) < 4.78 is 4.92. The van der Waals surface area contributed by atoms with Crippen LogP contribution in [0.5, 0.6) is 11.5 Å². The summed E-state index contributed by atoms with van der Waals surface area (Å²) in [5, 5.41) is 9.74. The summed E-state index contributed by atoms with van der Waals surface area (Å²) in [6, 6.07) is 12.4. The van der Waals surface area contributed by atoms with E-state index in [0.717, 1.165) is 0 Å². The second kappa shape index (κ2) is 5.35. The van der Waals surface area contributed by atoms with E-state index in [-0.39, 0.29) is 11.3 Å². The first-order valence-electron chi connectivity index (χ1n) is 5.64. The van der Waals surface area contributed by atoms with E-state index in [1.54, 1.807) is 30.3 Å². The lowest BCUT2D eigenvalue weighted by Crippen LogP contribution is -2.14. The highest BCUT2D eigenvalue weighted by Crippen LogP contribution is 2.24. The summed E-state index contributed by atoms with van der Waals surface area (Å²) in [5.74, 6) is -1.25. The van der Waals surface area contributed by atoms with Gasteiger partial charge in [0.2, 0.25) is 11.6 Å². The summed E-state index contributed by atoms with van der Waals surface area (Å²) in [4.78, 5) is 24.0. The number of aromatic hydroxyl groups is 1. The van der Waals surface area contributed by atoms with Crippen molar-refractivity contribution < 1.29 is 19.4 Å². The number of phenols is 1. The summed E-state index contributed by atoms with van der Waals surface area (Å²) >= 11 is 0. The predicted molar refractivity (Wildman–Crippen MR) is 69.8 cm³/mol. The van der Waals surface area contributed by atoms with Crippen molar-refractivity contribution in [3.8, 4) is 11.5 Å². The van der Waals surface area contributed by atoms with Crippen molar-refractivity contribution >= 4 is 11.6 Å². The number of ether oxygens (including phenoxy) is 1. The average Bonchev–Trinajstić information content (AvgIpc) is 2.46. The van der Waals surface area contributed by atoms with Gasteiger partial charge in [-0.1, -0.05) is 30.3 Å². The summed E-state index contributed by atoms with van der Waals surface area (Å²) in [6.45, 7) is 0. The molecule has 0 aliphatic carbocycles. The molecule has 0 heterocycles. The number of carbonyl (C=O) groups is 2. The van der Waals surface area contributed by atoms with Gasteiger partial charge in [-0.05, 0) is 12.1 Å². The highest BCUT2D eigenvalue weighted by Gasteiger charge is 2.21. The zero-order valence-corrected chi connectivity index (χ0v) is 10.3. The monoisotopic (exact) mass is 256 g/mol. The molecule has 0 saturated heterocycles. The van der Waals surface area contributed by atoms with E-state index in [1.165, 1.54) is 25.3 Å². The van der Waals surface area contributed by atoms with Gasteiger partial charge < -0.3 is 9.84 Å². The summed E-state index contributed by atoms with van der Waals surface area (Å²) in [7, 11) is 1.45. The maximum Gasteiger partial charge on any atom is 0.237 e. The van der Waals surface area contributed by atoms with Gasteiger partial charge in [0.1, 0.15) is 11.5 Å². The van der Waals surface area contributed by atoms with Gasteiger partial charge in [-0.15, -0.1) is 0 Å². The van der Waals surface area contributed by atoms with Crippen LogP contribution in [0.25, 0.3) is 0 Å². The highest BCUT2D eigenvalue weighted by atomic mass is 16.5. The third kappa shape index (κ3) is 2.63. The second-order valence-corrected chi connectivity index (χ2v) is 3.91. The van der Waals surface area contributed by atoms with Crippen molar-refractivity contribution in [1.82, 2.24) is 0 Å². The number of phenolic OH excluding ortho intramolecular Hbond substituents is 1. The molecule has 0 spiro atoms. The van der Waals surface area contributed by atoms with E-state index in [0.29, 0.717) is 11.3 Å². The first-order valence-corrected chi connectivity index (χ1v) is 5.64. The predicted octanol–water partition coefficient (Wildman–Crippen LogP) is 2.47. The Bertz CT molecular complexity index is 617. The van der Waals surface area contributed by atoms with Gasteiger partial charge in [-0.25, -0.2) is 0 Å². The maximum atomic E-state index is 12.0. The molecular weight excluding hydrogens is 244 g/mol. The number of hydrogen-bond acceptors (Lipinski definition) is 4. The molecule has 2 aromatic carbocycles. The number of methoxy groups -OCH3 is 1. The number of ketones is 2. The Hall–Kier alpha value is -2.62. The maximum absolute atomic E-state index is 12.0. The van der Waals surface area contributed by atoms with Gasteiger partial charge in [0, 0.05) is 11.6 Å². The minimum atomic E-state index is -0.744. The molecule has 0 aromatic heterocycles. The van der Waals surface area contributed by atoms with E-state index in [2.05, 4.69) is 0 Å². The molecule has 2 rings (SSSR count). The van der Waals surface area contributed by atoms with Gasteiger partial charge in [-0.2, -0.15) is 0 Å². The number of Topliss-reactive ketones (excluding diaryl/α,β-unsaturated/α-hetero) is 2. The molecule has 0 fully saturated rings. The Morgan fingerprint density at radius 3 is 2.26 bits per heavy atom. The fraction of sp³-hybridized carbons (Fsp3) is 0.0667. The lowest BCUT2D eigenvalue weighted by Gasteiger charge is -2.05. The lowest BCUT2D eigenvalue weighted by molar-refractivity contribution is 0.0815. The van der Waals surface area contributed by atoms with Crippen LogP contribution in [-0.4, -0.2) is 23.8 Å². The zero-order chi connectivity index (χ0) is 13.8. The molecule has 4 nitrogen and oxygen atoms in total. The molecule has 1 N–H and O–H groups in total. The Balaban J connectivity index is 2.32. The topological polar surface area (TPSA) is 63.6 Å². The molecule has 0 bridgehead atoms. The Morgan fingerprint density at radius 1 is 1.00 bits per heavy atom. The van der Waals surface area contributed by atoms with Crippen LogP contribution in [0.1, 0.15) is 20.7 Å². The molecule has 0 saturated carbocycles. The SMILES string of the molecule is COc1ccc(C(=O)C(=O)c2ccccc2)c(O)c1. The van der Waals surface area contributed by atoms with Crippen LogP contribution in [0.3, 0.4) is 0 Å². The Morgan fingerprint density at radius 2 is 1.68 bits per heavy atom. The van der Waals surface area contributed by atoms with Gasteiger partial charge in [0.25, 0.3) is 0 Å². The van der Waals surface area contributed by atoms with Crippen LogP contribution in [0.15, 0.2) is 48.5 Å². The van der Waals surface area contributed by atoms with Crippen LogP contribution in [-0.2, 0) is 0 Å². The molecule has 0 amide bonds. The van der Waals surface area contributed by atoms with Crippen LogP contribution in [0, 0.1) is 0 Å². The van der Waals surface area contributed by atoms with Crippen LogP contribution >= 0.6 is 0 Å². The molecule has 4 heteroatoms. The first kappa shape index (κ1) is 12.8. The second-order valence-electron chi connectivity index (χ2n) is 3.91. The van der Waals surface area contributed by atoms with E-state index in [1.807, 2.05) is 0 Å². The first-order chi connectivity index (χ1) is 9.13. The van der Waals surface area contributed by atoms with Gasteiger partial charge in [0.15, 0.2) is 0 Å². The number of carbonyl (C=O) groups excluding carboxylic acids is 2. The molecule has 0 atom stereocenters. The number of hydrogen-bond donors (Lipinski definition) is 1. The van der Waals surface area contributed by atoms with Crippen molar-refractivity contribution in [2.45, 2.75) is 0 Å². The fourth-order valence-corrected chi connectivity index (χ4v) is 1.67. The van der Waals surface area contributed by atoms with Crippen molar-refractivity contribution in [1.29, 1.82) is 0 Å². The quantitative estimate of drug-likeness (QED) is 0.674. The molecule has 0 unspecified atom stereocenters. The van der Waals surface area contributed by atoms with Gasteiger partial charge in [0.05, 0.1) is 12.7 Å². The third-order valence-corrected chi connectivity index (χ3v) is 2.69. The van der Waals surface area contributed by atoms with E-state index >= 15 is 0 Å². The van der Waals surface area contributed by atoms with Crippen LogP contribution in [0.2, 0.25) is 0 Å². The molecule has 0 aliphatic heterocycles. The average molecular weight is 256 g/mol. The van der Waals surface area contributed by atoms with E-state index in [4.69, 9.17) is 4.74 Å². The highest BCUT2D eigenvalue weighted by molar-refractivity contribution is 6.49. The van der Waals surface area contributed by atoms with Crippen LogP contribution < -0.4 is 4.74 Å². The van der Waals surface area contributed by atoms with Crippen molar-refractivity contribution in [2.24, 2.45) is 0 Å². The van der Waals surface area contributed by atoms with E-state index < -0.39 is 11.6 Å². The molecule has 0 radical (unpaired) electrons. The fourth-order valence-electron chi connectivity index (χ4n) is 1.67. The smallest absolute Gasteiger partial charge is 0.237 e. The number of rotatable bonds is 4. The minimum absolute atomic E-state index is 0.0327. The van der Waals surface area contributed by atoms with E-state index in [9.17, 15) is 14.7 Å². The number of benzene rings is 2. The molecule has 2 aromatic rings. The normalized spacial score (nSPS) is 9.95. The molecular formula is C15H12O4. The van der Waals surface area contributed by atoms with Crippen molar-refractivity contribution in [3.63, 3.8) is 0 Å². The lowest BCUT2D eigenvalue weighted by atomic mass is 10.0. The molecule has 96 valence electrons. The minimum Gasteiger partial charge on any atom is -0.507 e. The van der Waals surface area contributed by atoms with Crippen molar-refractivity contribution in [2.75, 3.05) is 7.11 Å². The Kier molecular flexibility index (Phi) is 3.61. The van der Waals surface area contributed by atoms with Gasteiger partial charge in [-0.3, -0.25) is 9.59 Å². The Labute approximate surface area is 110 Å². The largest absolute Gasteiger partial charge is 0.507 e. The summed E-state index contributed by atoms with van der Waals surface area (Å²) in [6.07, 6.45) is 0. The van der Waals surface area contributed by atoms with Crippen LogP contribution in [0.4, 0.5) is 0 Å². The van der Waals surface area contributed by atoms with Gasteiger partial charge >= 0.3 is 0 Å². The standard InChI is InChI=1S/C15H12O4/c1-19-11-7-8-12(13(16)9-11)15(18)14(17)10-5-3-2-4-6-10/h2-9,16H,1H3. The zero-order valence-electron chi connectivity index (χ0n) is 10.3. The molecule has 19 heavy (non-hydrogen) atoms. The third-order valence-electron chi connectivity index (χ3n) is 2.69. The summed E-state index contributed by atoms with van der Waals surface area (Å²) in [5.41, 5.74) is 0.261. The van der Waals surface area contributed by atoms with Crippen molar-refractivity contribution in [3.05, 3.63) is 59.7 Å².